The Morgan fingerprint density at radius 1 is 1.05 bits per heavy atom. The van der Waals surface area contributed by atoms with Crippen LogP contribution in [-0.2, 0) is 9.59 Å². The molecule has 1 fully saturated rings. The van der Waals surface area contributed by atoms with Gasteiger partial charge < -0.3 is 0 Å². The van der Waals surface area contributed by atoms with E-state index in [-0.39, 0.29) is 17.9 Å². The van der Waals surface area contributed by atoms with Gasteiger partial charge in [-0.1, -0.05) is 32.1 Å². The van der Waals surface area contributed by atoms with E-state index < -0.39 is 0 Å². The van der Waals surface area contributed by atoms with Crippen LogP contribution in [0.5, 0.6) is 0 Å². The van der Waals surface area contributed by atoms with Crippen LogP contribution in [0.4, 0.5) is 0 Å². The van der Waals surface area contributed by atoms with Crippen molar-refractivity contribution in [1.82, 2.24) is 4.90 Å². The molecule has 0 aliphatic carbocycles. The van der Waals surface area contributed by atoms with Gasteiger partial charge in [-0.05, 0) is 39.2 Å². The van der Waals surface area contributed by atoms with Crippen molar-refractivity contribution in [2.45, 2.75) is 47.1 Å². The fraction of sp³-hybridized carbons (Fsp3) is 0.500. The number of hydrogen-bond donors (Lipinski definition) is 0. The van der Waals surface area contributed by atoms with Gasteiger partial charge in [-0.25, -0.2) is 0 Å². The summed E-state index contributed by atoms with van der Waals surface area (Å²) >= 11 is 0. The maximum atomic E-state index is 12.2. The van der Waals surface area contributed by atoms with Gasteiger partial charge in [-0.15, -0.1) is 0 Å². The van der Waals surface area contributed by atoms with Crippen LogP contribution in [0.2, 0.25) is 0 Å². The highest BCUT2D eigenvalue weighted by atomic mass is 16.2. The minimum atomic E-state index is -0.192. The molecule has 0 aromatic rings. The molecule has 1 rings (SSSR count). The number of imide groups is 1. The molecule has 1 heterocycles. The monoisotopic (exact) mass is 261 g/mol. The number of amides is 2. The molecule has 0 aromatic heterocycles. The van der Waals surface area contributed by atoms with Crippen molar-refractivity contribution in [3.05, 3.63) is 35.5 Å². The SMILES string of the molecule is C/C=C1/C(=O)N(C(C)C)C(=O)/C1=C/C=C\CC(C)C. The van der Waals surface area contributed by atoms with Gasteiger partial charge in [0.25, 0.3) is 11.8 Å². The van der Waals surface area contributed by atoms with Gasteiger partial charge in [0.2, 0.25) is 0 Å². The standard InChI is InChI=1S/C16H23NO2/c1-6-13-14(10-8-7-9-11(2)3)16(19)17(12(4)5)15(13)18/h6-8,10-12H,9H2,1-5H3/b8-7-,13-6+,14-10+. The highest BCUT2D eigenvalue weighted by Crippen LogP contribution is 2.26. The van der Waals surface area contributed by atoms with Gasteiger partial charge in [-0.3, -0.25) is 14.5 Å². The van der Waals surface area contributed by atoms with E-state index in [1.165, 1.54) is 4.90 Å². The molecule has 0 radical (unpaired) electrons. The normalized spacial score (nSPS) is 21.1. The molecule has 1 saturated heterocycles. The largest absolute Gasteiger partial charge is 0.272 e. The highest BCUT2D eigenvalue weighted by Gasteiger charge is 2.39. The van der Waals surface area contributed by atoms with Gasteiger partial charge in [0.15, 0.2) is 0 Å². The van der Waals surface area contributed by atoms with Gasteiger partial charge >= 0.3 is 0 Å². The van der Waals surface area contributed by atoms with E-state index in [1.54, 1.807) is 19.1 Å². The first kappa shape index (κ1) is 15.4. The van der Waals surface area contributed by atoms with E-state index in [0.29, 0.717) is 17.1 Å². The van der Waals surface area contributed by atoms with Gasteiger partial charge in [0, 0.05) is 11.6 Å². The van der Waals surface area contributed by atoms with Gasteiger partial charge in [0.05, 0.1) is 5.57 Å². The molecular weight excluding hydrogens is 238 g/mol. The molecule has 19 heavy (non-hydrogen) atoms. The minimum Gasteiger partial charge on any atom is -0.272 e. The Bertz CT molecular complexity index is 453. The van der Waals surface area contributed by atoms with E-state index in [0.717, 1.165) is 6.42 Å². The summed E-state index contributed by atoms with van der Waals surface area (Å²) in [6.45, 7) is 9.76. The van der Waals surface area contributed by atoms with Gasteiger partial charge in [0.1, 0.15) is 0 Å². The fourth-order valence-electron chi connectivity index (χ4n) is 2.01. The number of hydrogen-bond acceptors (Lipinski definition) is 2. The van der Waals surface area contributed by atoms with Crippen molar-refractivity contribution >= 4 is 11.8 Å². The second-order valence-electron chi connectivity index (χ2n) is 5.41. The molecule has 0 unspecified atom stereocenters. The first-order valence-corrected chi connectivity index (χ1v) is 6.81. The summed E-state index contributed by atoms with van der Waals surface area (Å²) in [6, 6.07) is -0.111. The Balaban J connectivity index is 3.00. The van der Waals surface area contributed by atoms with Crippen LogP contribution in [0, 0.1) is 5.92 Å². The van der Waals surface area contributed by atoms with Crippen LogP contribution in [0.3, 0.4) is 0 Å². The topological polar surface area (TPSA) is 37.4 Å². The zero-order chi connectivity index (χ0) is 14.6. The molecule has 0 bridgehead atoms. The maximum Gasteiger partial charge on any atom is 0.261 e. The molecule has 3 nitrogen and oxygen atoms in total. The molecule has 104 valence electrons. The Hall–Kier alpha value is -1.64. The lowest BCUT2D eigenvalue weighted by atomic mass is 10.1. The van der Waals surface area contributed by atoms with Crippen LogP contribution in [0.1, 0.15) is 41.0 Å². The number of rotatable bonds is 4. The Morgan fingerprint density at radius 2 is 1.63 bits per heavy atom. The van der Waals surface area contributed by atoms with E-state index in [1.807, 2.05) is 26.0 Å². The molecule has 0 spiro atoms. The van der Waals surface area contributed by atoms with Crippen molar-refractivity contribution in [2.24, 2.45) is 5.92 Å². The number of nitrogens with zero attached hydrogens (tertiary/aromatic N) is 1. The third-order valence-electron chi connectivity index (χ3n) is 3.00. The number of likely N-dealkylation sites (tertiary alicyclic amines) is 1. The predicted molar refractivity (Wildman–Crippen MR) is 77.4 cm³/mol. The highest BCUT2D eigenvalue weighted by molar-refractivity contribution is 6.24. The van der Waals surface area contributed by atoms with Crippen LogP contribution in [0.25, 0.3) is 0 Å². The minimum absolute atomic E-state index is 0.111. The summed E-state index contributed by atoms with van der Waals surface area (Å²) in [5.74, 6) is 0.206. The molecule has 0 saturated carbocycles. The lowest BCUT2D eigenvalue weighted by molar-refractivity contribution is -0.138. The summed E-state index contributed by atoms with van der Waals surface area (Å²) in [6.07, 6.45) is 8.32. The lowest BCUT2D eigenvalue weighted by Crippen LogP contribution is -2.35. The number of carbonyl (C=O) groups is 2. The molecule has 2 amide bonds. The first-order valence-electron chi connectivity index (χ1n) is 6.81. The molecule has 0 atom stereocenters. The molecule has 3 heteroatoms. The fourth-order valence-corrected chi connectivity index (χ4v) is 2.01. The van der Waals surface area contributed by atoms with E-state index in [4.69, 9.17) is 0 Å². The van der Waals surface area contributed by atoms with Crippen LogP contribution < -0.4 is 0 Å². The van der Waals surface area contributed by atoms with Crippen molar-refractivity contribution in [1.29, 1.82) is 0 Å². The average Bonchev–Trinajstić information content (AvgIpc) is 2.55. The van der Waals surface area contributed by atoms with Crippen LogP contribution in [0.15, 0.2) is 35.5 Å². The second-order valence-corrected chi connectivity index (χ2v) is 5.41. The summed E-state index contributed by atoms with van der Waals surface area (Å²) < 4.78 is 0. The zero-order valence-corrected chi connectivity index (χ0v) is 12.4. The Morgan fingerprint density at radius 3 is 2.11 bits per heavy atom. The maximum absolute atomic E-state index is 12.2. The predicted octanol–water partition coefficient (Wildman–Crippen LogP) is 3.24. The number of allylic oxidation sites excluding steroid dienone is 4. The third kappa shape index (κ3) is 3.43. The molecule has 1 aliphatic heterocycles. The molecule has 1 aliphatic rings. The van der Waals surface area contributed by atoms with Gasteiger partial charge in [-0.2, -0.15) is 0 Å². The lowest BCUT2D eigenvalue weighted by Gasteiger charge is -2.16. The summed E-state index contributed by atoms with van der Waals surface area (Å²) in [5.41, 5.74) is 1.01. The second kappa shape index (κ2) is 6.50. The van der Waals surface area contributed by atoms with E-state index in [9.17, 15) is 9.59 Å². The van der Waals surface area contributed by atoms with Crippen molar-refractivity contribution in [3.8, 4) is 0 Å². The van der Waals surface area contributed by atoms with Crippen molar-refractivity contribution < 1.29 is 9.59 Å². The number of carbonyl (C=O) groups excluding carboxylic acids is 2. The summed E-state index contributed by atoms with van der Waals surface area (Å²) in [7, 11) is 0. The van der Waals surface area contributed by atoms with E-state index in [2.05, 4.69) is 13.8 Å². The van der Waals surface area contributed by atoms with Crippen LogP contribution >= 0.6 is 0 Å². The Labute approximate surface area is 115 Å². The van der Waals surface area contributed by atoms with Crippen molar-refractivity contribution in [2.75, 3.05) is 0 Å². The zero-order valence-electron chi connectivity index (χ0n) is 12.4. The molecule has 0 N–H and O–H groups in total. The smallest absolute Gasteiger partial charge is 0.261 e. The van der Waals surface area contributed by atoms with E-state index >= 15 is 0 Å². The summed E-state index contributed by atoms with van der Waals surface area (Å²) in [4.78, 5) is 25.6. The Kier molecular flexibility index (Phi) is 5.28. The average molecular weight is 261 g/mol. The van der Waals surface area contributed by atoms with Crippen molar-refractivity contribution in [3.63, 3.8) is 0 Å². The summed E-state index contributed by atoms with van der Waals surface area (Å²) in [5, 5.41) is 0. The van der Waals surface area contributed by atoms with Crippen LogP contribution in [-0.4, -0.2) is 22.8 Å². The third-order valence-corrected chi connectivity index (χ3v) is 3.00. The quantitative estimate of drug-likeness (QED) is 0.575. The molecular formula is C16H23NO2. The molecule has 0 aromatic carbocycles. The first-order chi connectivity index (χ1) is 8.90.